The van der Waals surface area contributed by atoms with Crippen molar-refractivity contribution < 1.29 is 9.90 Å². The Bertz CT molecular complexity index is 420. The van der Waals surface area contributed by atoms with Gasteiger partial charge < -0.3 is 16.2 Å². The van der Waals surface area contributed by atoms with Crippen molar-refractivity contribution in [1.29, 1.82) is 0 Å². The summed E-state index contributed by atoms with van der Waals surface area (Å²) in [6.45, 7) is 1.86. The number of carbonyl (C=O) groups excluding carboxylic acids is 1. The van der Waals surface area contributed by atoms with Crippen LogP contribution in [0.4, 0.5) is 0 Å². The first-order chi connectivity index (χ1) is 8.13. The Morgan fingerprint density at radius 2 is 2.29 bits per heavy atom. The number of carbonyl (C=O) groups is 1. The summed E-state index contributed by atoms with van der Waals surface area (Å²) < 4.78 is 0. The first-order valence-electron chi connectivity index (χ1n) is 5.95. The van der Waals surface area contributed by atoms with Gasteiger partial charge in [0.15, 0.2) is 0 Å². The molecule has 2 rings (SSSR count). The maximum atomic E-state index is 11.7. The fourth-order valence-corrected chi connectivity index (χ4v) is 2.19. The second-order valence-electron chi connectivity index (χ2n) is 4.47. The number of amides is 1. The van der Waals surface area contributed by atoms with E-state index in [9.17, 15) is 9.90 Å². The third-order valence-corrected chi connectivity index (χ3v) is 3.28. The fourth-order valence-electron chi connectivity index (χ4n) is 2.19. The molecule has 1 aliphatic carbocycles. The average Bonchev–Trinajstić information content (AvgIpc) is 2.65. The van der Waals surface area contributed by atoms with Gasteiger partial charge >= 0.3 is 0 Å². The van der Waals surface area contributed by atoms with Gasteiger partial charge in [-0.25, -0.2) is 0 Å². The lowest BCUT2D eigenvalue weighted by atomic mass is 10.1. The van der Waals surface area contributed by atoms with Crippen molar-refractivity contribution in [3.63, 3.8) is 0 Å². The molecule has 0 spiro atoms. The lowest BCUT2D eigenvalue weighted by Gasteiger charge is -2.20. The number of benzene rings is 1. The largest absolute Gasteiger partial charge is 0.390 e. The van der Waals surface area contributed by atoms with Crippen molar-refractivity contribution in [3.05, 3.63) is 35.4 Å². The van der Waals surface area contributed by atoms with Crippen LogP contribution in [-0.4, -0.2) is 23.2 Å². The molecule has 0 fully saturated rings. The Morgan fingerprint density at radius 3 is 3.00 bits per heavy atom. The Kier molecular flexibility index (Phi) is 3.45. The summed E-state index contributed by atoms with van der Waals surface area (Å²) in [4.78, 5) is 11.7. The molecule has 0 saturated carbocycles. The van der Waals surface area contributed by atoms with E-state index in [2.05, 4.69) is 5.32 Å². The second kappa shape index (κ2) is 4.85. The summed E-state index contributed by atoms with van der Waals surface area (Å²) in [6, 6.07) is 6.94. The van der Waals surface area contributed by atoms with Crippen LogP contribution in [0, 0.1) is 0 Å². The molecule has 0 aromatic heterocycles. The number of aliphatic hydroxyl groups is 1. The van der Waals surface area contributed by atoms with Gasteiger partial charge in [-0.3, -0.25) is 4.79 Å². The van der Waals surface area contributed by atoms with Crippen molar-refractivity contribution in [2.24, 2.45) is 5.73 Å². The van der Waals surface area contributed by atoms with Gasteiger partial charge in [0.25, 0.3) is 0 Å². The van der Waals surface area contributed by atoms with E-state index in [1.165, 1.54) is 0 Å². The standard InChI is InChI=1S/C13H18N2O2/c1-2-10(14)13(17)15-12-9-6-4-3-5-8(9)7-11(12)16/h3-6,10-12,16H,2,7,14H2,1H3,(H,15,17)/t10-,11+,12-/m0/s1. The normalized spacial score (nSPS) is 24.2. The third kappa shape index (κ3) is 2.33. The smallest absolute Gasteiger partial charge is 0.237 e. The minimum Gasteiger partial charge on any atom is -0.390 e. The van der Waals surface area contributed by atoms with E-state index in [1.807, 2.05) is 31.2 Å². The Balaban J connectivity index is 2.14. The first-order valence-corrected chi connectivity index (χ1v) is 5.95. The van der Waals surface area contributed by atoms with E-state index in [4.69, 9.17) is 5.73 Å². The minimum absolute atomic E-state index is 0.201. The number of hydrogen-bond donors (Lipinski definition) is 3. The predicted molar refractivity (Wildman–Crippen MR) is 65.3 cm³/mol. The van der Waals surface area contributed by atoms with Crippen LogP contribution in [0.5, 0.6) is 0 Å². The summed E-state index contributed by atoms with van der Waals surface area (Å²) in [5.41, 5.74) is 7.76. The second-order valence-corrected chi connectivity index (χ2v) is 4.47. The van der Waals surface area contributed by atoms with Crippen LogP contribution in [0.25, 0.3) is 0 Å². The number of aliphatic hydroxyl groups excluding tert-OH is 1. The van der Waals surface area contributed by atoms with E-state index in [1.54, 1.807) is 0 Å². The molecular weight excluding hydrogens is 216 g/mol. The molecule has 17 heavy (non-hydrogen) atoms. The highest BCUT2D eigenvalue weighted by Crippen LogP contribution is 2.31. The molecule has 0 saturated heterocycles. The molecule has 4 N–H and O–H groups in total. The molecule has 0 aliphatic heterocycles. The van der Waals surface area contributed by atoms with Crippen molar-refractivity contribution in [1.82, 2.24) is 5.32 Å². The van der Waals surface area contributed by atoms with Crippen LogP contribution in [-0.2, 0) is 11.2 Å². The average molecular weight is 234 g/mol. The molecule has 92 valence electrons. The Labute approximate surface area is 101 Å². The maximum Gasteiger partial charge on any atom is 0.237 e. The molecule has 0 radical (unpaired) electrons. The van der Waals surface area contributed by atoms with Crippen LogP contribution < -0.4 is 11.1 Å². The number of nitrogens with two attached hydrogens (primary N) is 1. The molecule has 1 aliphatic rings. The third-order valence-electron chi connectivity index (χ3n) is 3.28. The molecule has 4 heteroatoms. The number of hydrogen-bond acceptors (Lipinski definition) is 3. The molecule has 3 atom stereocenters. The van der Waals surface area contributed by atoms with Crippen LogP contribution in [0.15, 0.2) is 24.3 Å². The van der Waals surface area contributed by atoms with E-state index >= 15 is 0 Å². The summed E-state index contributed by atoms with van der Waals surface area (Å²) in [7, 11) is 0. The van der Waals surface area contributed by atoms with Gasteiger partial charge in [0.2, 0.25) is 5.91 Å². The number of nitrogens with one attached hydrogen (secondary N) is 1. The van der Waals surface area contributed by atoms with Gasteiger partial charge in [-0.1, -0.05) is 31.2 Å². The quantitative estimate of drug-likeness (QED) is 0.713. The summed E-state index contributed by atoms with van der Waals surface area (Å²) in [5, 5.41) is 12.8. The maximum absolute atomic E-state index is 11.7. The summed E-state index contributed by atoms with van der Waals surface area (Å²) in [6.07, 6.45) is 0.624. The van der Waals surface area contributed by atoms with E-state index in [-0.39, 0.29) is 11.9 Å². The van der Waals surface area contributed by atoms with Crippen molar-refractivity contribution in [2.75, 3.05) is 0 Å². The van der Waals surface area contributed by atoms with Crippen molar-refractivity contribution in [3.8, 4) is 0 Å². The van der Waals surface area contributed by atoms with Crippen molar-refractivity contribution >= 4 is 5.91 Å². The number of rotatable bonds is 3. The molecule has 0 heterocycles. The van der Waals surface area contributed by atoms with E-state index < -0.39 is 12.1 Å². The molecule has 1 amide bonds. The van der Waals surface area contributed by atoms with Gasteiger partial charge in [-0.15, -0.1) is 0 Å². The molecule has 1 aromatic carbocycles. The zero-order valence-electron chi connectivity index (χ0n) is 9.89. The SMILES string of the molecule is CC[C@H](N)C(=O)N[C@H]1c2ccccc2C[C@H]1O. The molecule has 0 unspecified atom stereocenters. The highest BCUT2D eigenvalue weighted by molar-refractivity contribution is 5.82. The van der Waals surface area contributed by atoms with Crippen molar-refractivity contribution in [2.45, 2.75) is 38.0 Å². The van der Waals surface area contributed by atoms with Gasteiger partial charge in [-0.2, -0.15) is 0 Å². The Hall–Kier alpha value is -1.39. The zero-order chi connectivity index (χ0) is 12.4. The Morgan fingerprint density at radius 1 is 1.59 bits per heavy atom. The van der Waals surface area contributed by atoms with Gasteiger partial charge in [0.05, 0.1) is 18.2 Å². The molecule has 0 bridgehead atoms. The predicted octanol–water partition coefficient (Wildman–Crippen LogP) is 0.498. The first kappa shape index (κ1) is 12.1. The minimum atomic E-state index is -0.555. The van der Waals surface area contributed by atoms with Crippen LogP contribution in [0.3, 0.4) is 0 Å². The van der Waals surface area contributed by atoms with E-state index in [0.29, 0.717) is 12.8 Å². The molecule has 1 aromatic rings. The zero-order valence-corrected chi connectivity index (χ0v) is 9.89. The molecule has 4 nitrogen and oxygen atoms in total. The van der Waals surface area contributed by atoms with E-state index in [0.717, 1.165) is 11.1 Å². The summed E-state index contributed by atoms with van der Waals surface area (Å²) in [5.74, 6) is -0.201. The number of fused-ring (bicyclic) bond motifs is 1. The van der Waals surface area contributed by atoms with Gasteiger partial charge in [-0.05, 0) is 17.5 Å². The summed E-state index contributed by atoms with van der Waals surface area (Å²) >= 11 is 0. The molecular formula is C13H18N2O2. The highest BCUT2D eigenvalue weighted by atomic mass is 16.3. The van der Waals surface area contributed by atoms with Crippen LogP contribution >= 0.6 is 0 Å². The van der Waals surface area contributed by atoms with Gasteiger partial charge in [0.1, 0.15) is 0 Å². The highest BCUT2D eigenvalue weighted by Gasteiger charge is 2.32. The lowest BCUT2D eigenvalue weighted by molar-refractivity contribution is -0.123. The monoisotopic (exact) mass is 234 g/mol. The topological polar surface area (TPSA) is 75.4 Å². The van der Waals surface area contributed by atoms with Crippen LogP contribution in [0.1, 0.15) is 30.5 Å². The fraction of sp³-hybridized carbons (Fsp3) is 0.462. The van der Waals surface area contributed by atoms with Crippen LogP contribution in [0.2, 0.25) is 0 Å². The van der Waals surface area contributed by atoms with Gasteiger partial charge in [0, 0.05) is 6.42 Å². The lowest BCUT2D eigenvalue weighted by Crippen LogP contribution is -2.43.